The lowest BCUT2D eigenvalue weighted by Gasteiger charge is -2.01. The number of nitrogens with two attached hydrogens (primary N) is 1. The molecule has 0 radical (unpaired) electrons. The number of nitrogens with one attached hydrogen (secondary N) is 1. The lowest BCUT2D eigenvalue weighted by molar-refractivity contribution is 0.0927. The number of hydrogen-bond acceptors (Lipinski definition) is 4. The number of rotatable bonds is 6. The Bertz CT molecular complexity index is 566. The maximum atomic E-state index is 11.9. The molecule has 0 bridgehead atoms. The predicted molar refractivity (Wildman–Crippen MR) is 80.6 cm³/mol. The number of fused-ring (bicyclic) bond motifs is 1. The van der Waals surface area contributed by atoms with Crippen LogP contribution in [-0.2, 0) is 0 Å². The van der Waals surface area contributed by atoms with E-state index in [4.69, 9.17) is 10.2 Å². The zero-order chi connectivity index (χ0) is 13.7. The quantitative estimate of drug-likeness (QED) is 0.630. The van der Waals surface area contributed by atoms with Gasteiger partial charge in [0.25, 0.3) is 5.91 Å². The third-order valence-corrected chi connectivity index (χ3v) is 3.52. The van der Waals surface area contributed by atoms with Crippen LogP contribution in [0.2, 0.25) is 0 Å². The molecule has 0 spiro atoms. The number of nitrogen functional groups attached to an aromatic ring is 1. The van der Waals surface area contributed by atoms with Gasteiger partial charge in [-0.25, -0.2) is 0 Å². The molecular formula is C14H18N2O2S. The highest BCUT2D eigenvalue weighted by Crippen LogP contribution is 2.21. The fraction of sp³-hybridized carbons (Fsp3) is 0.357. The summed E-state index contributed by atoms with van der Waals surface area (Å²) in [5, 5.41) is 3.71. The largest absolute Gasteiger partial charge is 0.451 e. The molecule has 4 nitrogen and oxygen atoms in total. The van der Waals surface area contributed by atoms with Crippen LogP contribution in [0.25, 0.3) is 11.0 Å². The van der Waals surface area contributed by atoms with Crippen molar-refractivity contribution in [1.82, 2.24) is 5.32 Å². The van der Waals surface area contributed by atoms with E-state index in [1.807, 2.05) is 11.8 Å². The lowest BCUT2D eigenvalue weighted by Crippen LogP contribution is -2.23. The molecule has 19 heavy (non-hydrogen) atoms. The topological polar surface area (TPSA) is 68.3 Å². The van der Waals surface area contributed by atoms with Crippen molar-refractivity contribution in [2.75, 3.05) is 24.3 Å². The second-order valence-corrected chi connectivity index (χ2v) is 5.35. The Morgan fingerprint density at radius 1 is 1.37 bits per heavy atom. The molecule has 1 aromatic heterocycles. The minimum absolute atomic E-state index is 0.168. The molecule has 1 amide bonds. The molecular weight excluding hydrogens is 260 g/mol. The second-order valence-electron chi connectivity index (χ2n) is 4.36. The summed E-state index contributed by atoms with van der Waals surface area (Å²) in [6.07, 6.45) is 4.18. The van der Waals surface area contributed by atoms with Crippen molar-refractivity contribution in [2.45, 2.75) is 12.8 Å². The zero-order valence-electron chi connectivity index (χ0n) is 10.9. The van der Waals surface area contributed by atoms with Crippen molar-refractivity contribution in [3.8, 4) is 0 Å². The number of carbonyl (C=O) groups is 1. The summed E-state index contributed by atoms with van der Waals surface area (Å²) in [6.45, 7) is 0.679. The minimum atomic E-state index is -0.168. The van der Waals surface area contributed by atoms with Crippen molar-refractivity contribution in [2.24, 2.45) is 0 Å². The molecule has 1 aromatic carbocycles. The molecule has 2 rings (SSSR count). The van der Waals surface area contributed by atoms with Gasteiger partial charge in [-0.1, -0.05) is 0 Å². The molecule has 5 heteroatoms. The summed E-state index contributed by atoms with van der Waals surface area (Å²) >= 11 is 1.82. The van der Waals surface area contributed by atoms with Gasteiger partial charge in [0.2, 0.25) is 0 Å². The van der Waals surface area contributed by atoms with E-state index in [1.54, 1.807) is 24.3 Å². The first-order valence-corrected chi connectivity index (χ1v) is 7.66. The van der Waals surface area contributed by atoms with Crippen molar-refractivity contribution in [3.63, 3.8) is 0 Å². The zero-order valence-corrected chi connectivity index (χ0v) is 11.8. The highest BCUT2D eigenvalue weighted by Gasteiger charge is 2.11. The number of furan rings is 1. The van der Waals surface area contributed by atoms with E-state index in [0.717, 1.165) is 24.0 Å². The van der Waals surface area contributed by atoms with Crippen LogP contribution in [0.4, 0.5) is 5.69 Å². The normalized spacial score (nSPS) is 10.8. The Morgan fingerprint density at radius 2 is 2.21 bits per heavy atom. The van der Waals surface area contributed by atoms with Gasteiger partial charge in [0.05, 0.1) is 0 Å². The van der Waals surface area contributed by atoms with E-state index < -0.39 is 0 Å². The third kappa shape index (κ3) is 3.67. The molecule has 0 aliphatic carbocycles. The first-order valence-electron chi connectivity index (χ1n) is 6.27. The maximum Gasteiger partial charge on any atom is 0.287 e. The van der Waals surface area contributed by atoms with Crippen molar-refractivity contribution < 1.29 is 9.21 Å². The summed E-state index contributed by atoms with van der Waals surface area (Å²) < 4.78 is 5.49. The average Bonchev–Trinajstić information content (AvgIpc) is 2.81. The SMILES string of the molecule is CSCCCCNC(=O)c1cc2cc(N)ccc2o1. The van der Waals surface area contributed by atoms with Gasteiger partial charge in [-0.3, -0.25) is 4.79 Å². The highest BCUT2D eigenvalue weighted by molar-refractivity contribution is 7.98. The van der Waals surface area contributed by atoms with Crippen LogP contribution in [0.15, 0.2) is 28.7 Å². The van der Waals surface area contributed by atoms with Gasteiger partial charge in [-0.15, -0.1) is 0 Å². The number of benzene rings is 1. The first kappa shape index (κ1) is 13.8. The summed E-state index contributed by atoms with van der Waals surface area (Å²) in [4.78, 5) is 11.9. The Labute approximate surface area is 116 Å². The average molecular weight is 278 g/mol. The van der Waals surface area contributed by atoms with Crippen molar-refractivity contribution in [1.29, 1.82) is 0 Å². The fourth-order valence-electron chi connectivity index (χ4n) is 1.83. The summed E-state index contributed by atoms with van der Waals surface area (Å²) in [5.41, 5.74) is 7.04. The van der Waals surface area contributed by atoms with Gasteiger partial charge in [0, 0.05) is 17.6 Å². The molecule has 0 saturated carbocycles. The van der Waals surface area contributed by atoms with Crippen LogP contribution in [0, 0.1) is 0 Å². The molecule has 3 N–H and O–H groups in total. The van der Waals surface area contributed by atoms with E-state index in [9.17, 15) is 4.79 Å². The number of carbonyl (C=O) groups excluding carboxylic acids is 1. The van der Waals surface area contributed by atoms with Crippen LogP contribution in [0.3, 0.4) is 0 Å². The van der Waals surface area contributed by atoms with Crippen LogP contribution in [0.1, 0.15) is 23.4 Å². The van der Waals surface area contributed by atoms with Crippen LogP contribution in [-0.4, -0.2) is 24.5 Å². The van der Waals surface area contributed by atoms with Gasteiger partial charge in [-0.05, 0) is 49.1 Å². The smallest absolute Gasteiger partial charge is 0.287 e. The third-order valence-electron chi connectivity index (χ3n) is 2.82. The monoisotopic (exact) mass is 278 g/mol. The van der Waals surface area contributed by atoms with Gasteiger partial charge in [-0.2, -0.15) is 11.8 Å². The number of thioether (sulfide) groups is 1. The molecule has 1 heterocycles. The molecule has 0 saturated heterocycles. The summed E-state index contributed by atoms with van der Waals surface area (Å²) in [6, 6.07) is 7.06. The minimum Gasteiger partial charge on any atom is -0.451 e. The van der Waals surface area contributed by atoms with Crippen LogP contribution in [0.5, 0.6) is 0 Å². The van der Waals surface area contributed by atoms with Crippen LogP contribution >= 0.6 is 11.8 Å². The van der Waals surface area contributed by atoms with Gasteiger partial charge < -0.3 is 15.5 Å². The highest BCUT2D eigenvalue weighted by atomic mass is 32.2. The maximum absolute atomic E-state index is 11.9. The van der Waals surface area contributed by atoms with E-state index in [-0.39, 0.29) is 5.91 Å². The molecule has 2 aromatic rings. The number of unbranched alkanes of at least 4 members (excludes halogenated alkanes) is 1. The summed E-state index contributed by atoms with van der Waals surface area (Å²) in [7, 11) is 0. The molecule has 102 valence electrons. The molecule has 0 atom stereocenters. The van der Waals surface area contributed by atoms with E-state index >= 15 is 0 Å². The number of hydrogen-bond donors (Lipinski definition) is 2. The molecule has 0 aliphatic rings. The van der Waals surface area contributed by atoms with Gasteiger partial charge >= 0.3 is 0 Å². The number of amides is 1. The molecule has 0 aliphatic heterocycles. The van der Waals surface area contributed by atoms with Gasteiger partial charge in [0.15, 0.2) is 5.76 Å². The Morgan fingerprint density at radius 3 is 3.00 bits per heavy atom. The fourth-order valence-corrected chi connectivity index (χ4v) is 2.33. The van der Waals surface area contributed by atoms with Crippen molar-refractivity contribution in [3.05, 3.63) is 30.0 Å². The first-order chi connectivity index (χ1) is 9.20. The Balaban J connectivity index is 1.94. The van der Waals surface area contributed by atoms with E-state index in [0.29, 0.717) is 23.6 Å². The number of anilines is 1. The second kappa shape index (κ2) is 6.52. The molecule has 0 fully saturated rings. The lowest BCUT2D eigenvalue weighted by atomic mass is 10.2. The predicted octanol–water partition coefficient (Wildman–Crippen LogP) is 2.89. The van der Waals surface area contributed by atoms with E-state index in [2.05, 4.69) is 11.6 Å². The molecule has 0 unspecified atom stereocenters. The summed E-state index contributed by atoms with van der Waals surface area (Å²) in [5.74, 6) is 1.30. The van der Waals surface area contributed by atoms with Gasteiger partial charge in [0.1, 0.15) is 5.58 Å². The van der Waals surface area contributed by atoms with E-state index in [1.165, 1.54) is 0 Å². The van der Waals surface area contributed by atoms with Crippen LogP contribution < -0.4 is 11.1 Å². The Hall–Kier alpha value is -1.62. The standard InChI is InChI=1S/C14H18N2O2S/c1-19-7-3-2-6-16-14(17)13-9-10-8-11(15)4-5-12(10)18-13/h4-5,8-9H,2-3,6-7,15H2,1H3,(H,16,17). The Kier molecular flexibility index (Phi) is 4.74. The van der Waals surface area contributed by atoms with Crippen molar-refractivity contribution >= 4 is 34.3 Å².